The number of carbonyl (C=O) groups is 3. The van der Waals surface area contributed by atoms with E-state index in [4.69, 9.17) is 14.2 Å². The van der Waals surface area contributed by atoms with Crippen LogP contribution in [0.3, 0.4) is 0 Å². The Balaban J connectivity index is 1.80. The fourth-order valence-corrected chi connectivity index (χ4v) is 3.86. The number of piperazine rings is 1. The molecule has 0 atom stereocenters. The third kappa shape index (κ3) is 13.9. The number of nitrogens with one attached hydrogen (secondary N) is 2. The first kappa shape index (κ1) is 34.2. The smallest absolute Gasteiger partial charge is 0.420 e. The highest BCUT2D eigenvalue weighted by molar-refractivity contribution is 5.88. The summed E-state index contributed by atoms with van der Waals surface area (Å²) < 4.78 is 16.5. The average Bonchev–Trinajstić information content (AvgIpc) is 2.88. The minimum absolute atomic E-state index is 0.0390. The Labute approximate surface area is 244 Å². The second-order valence-electron chi connectivity index (χ2n) is 11.8. The highest BCUT2D eigenvalue weighted by atomic mass is 16.6. The summed E-state index contributed by atoms with van der Waals surface area (Å²) in [5.41, 5.74) is -1.05. The second kappa shape index (κ2) is 16.4. The molecule has 13 nitrogen and oxygen atoms in total. The molecule has 1 saturated heterocycles. The summed E-state index contributed by atoms with van der Waals surface area (Å²) >= 11 is 0. The van der Waals surface area contributed by atoms with E-state index in [1.54, 1.807) is 46.4 Å². The number of rotatable bonds is 13. The molecule has 0 saturated carbocycles. The molecule has 1 fully saturated rings. The Kier molecular flexibility index (Phi) is 13.7. The van der Waals surface area contributed by atoms with Gasteiger partial charge >= 0.3 is 12.2 Å². The predicted octanol–water partition coefficient (Wildman–Crippen LogP) is 2.72. The molecular formula is C28H49N7O6. The highest BCUT2D eigenvalue weighted by Crippen LogP contribution is 2.17. The van der Waals surface area contributed by atoms with Crippen molar-refractivity contribution >= 4 is 24.0 Å². The summed E-state index contributed by atoms with van der Waals surface area (Å²) in [4.78, 5) is 51.6. The van der Waals surface area contributed by atoms with Crippen LogP contribution in [-0.2, 0) is 25.5 Å². The van der Waals surface area contributed by atoms with Crippen molar-refractivity contribution in [2.75, 3.05) is 70.9 Å². The van der Waals surface area contributed by atoms with Crippen LogP contribution in [0.4, 0.5) is 15.5 Å². The maximum atomic E-state index is 12.7. The lowest BCUT2D eigenvalue weighted by molar-refractivity contribution is -0.132. The Morgan fingerprint density at radius 1 is 0.976 bits per heavy atom. The molecule has 0 aromatic carbocycles. The van der Waals surface area contributed by atoms with Gasteiger partial charge in [0, 0.05) is 70.3 Å². The number of imide groups is 1. The van der Waals surface area contributed by atoms with Gasteiger partial charge in [0.05, 0.1) is 26.2 Å². The van der Waals surface area contributed by atoms with E-state index < -0.39 is 23.4 Å². The van der Waals surface area contributed by atoms with Gasteiger partial charge in [0.1, 0.15) is 11.2 Å². The van der Waals surface area contributed by atoms with Crippen molar-refractivity contribution in [1.82, 2.24) is 30.0 Å². The molecular weight excluding hydrogens is 530 g/mol. The first-order chi connectivity index (χ1) is 19.3. The quantitative estimate of drug-likeness (QED) is 0.334. The Morgan fingerprint density at radius 3 is 2.10 bits per heavy atom. The molecule has 0 aliphatic carbocycles. The molecule has 1 aliphatic rings. The van der Waals surface area contributed by atoms with E-state index in [1.807, 2.05) is 6.92 Å². The molecule has 41 heavy (non-hydrogen) atoms. The molecule has 0 bridgehead atoms. The topological polar surface area (TPSA) is 138 Å². The van der Waals surface area contributed by atoms with E-state index >= 15 is 0 Å². The third-order valence-electron chi connectivity index (χ3n) is 5.89. The van der Waals surface area contributed by atoms with Crippen LogP contribution >= 0.6 is 0 Å². The van der Waals surface area contributed by atoms with Gasteiger partial charge in [-0.3, -0.25) is 9.69 Å². The maximum Gasteiger partial charge on any atom is 0.420 e. The molecule has 2 rings (SSSR count). The third-order valence-corrected chi connectivity index (χ3v) is 5.89. The first-order valence-corrected chi connectivity index (χ1v) is 14.3. The number of ether oxygens (including phenoxy) is 3. The van der Waals surface area contributed by atoms with Crippen molar-refractivity contribution in [3.63, 3.8) is 0 Å². The zero-order valence-corrected chi connectivity index (χ0v) is 25.8. The molecule has 0 radical (unpaired) electrons. The lowest BCUT2D eigenvalue weighted by atomic mass is 10.2. The fourth-order valence-electron chi connectivity index (χ4n) is 3.86. The van der Waals surface area contributed by atoms with E-state index in [0.29, 0.717) is 50.8 Å². The van der Waals surface area contributed by atoms with Gasteiger partial charge in [-0.2, -0.15) is 0 Å². The summed E-state index contributed by atoms with van der Waals surface area (Å²) in [6, 6.07) is 0. The molecule has 2 heterocycles. The van der Waals surface area contributed by atoms with E-state index in [-0.39, 0.29) is 12.5 Å². The van der Waals surface area contributed by atoms with Gasteiger partial charge in [-0.15, -0.1) is 0 Å². The number of anilines is 1. The van der Waals surface area contributed by atoms with Gasteiger partial charge in [-0.1, -0.05) is 0 Å². The highest BCUT2D eigenvalue weighted by Gasteiger charge is 2.31. The van der Waals surface area contributed by atoms with Gasteiger partial charge in [0.15, 0.2) is 0 Å². The second-order valence-corrected chi connectivity index (χ2v) is 11.8. The van der Waals surface area contributed by atoms with Crippen LogP contribution in [0, 0.1) is 0 Å². The van der Waals surface area contributed by atoms with Crippen molar-refractivity contribution in [3.8, 4) is 0 Å². The Morgan fingerprint density at radius 2 is 1.56 bits per heavy atom. The summed E-state index contributed by atoms with van der Waals surface area (Å²) in [6.45, 7) is 19.7. The number of likely N-dealkylation sites (N-methyl/N-ethyl adjacent to an activating group) is 1. The first-order valence-electron chi connectivity index (χ1n) is 14.3. The van der Waals surface area contributed by atoms with Crippen LogP contribution in [0.1, 0.15) is 60.5 Å². The van der Waals surface area contributed by atoms with E-state index in [2.05, 4.69) is 25.5 Å². The van der Waals surface area contributed by atoms with Crippen molar-refractivity contribution in [3.05, 3.63) is 18.0 Å². The van der Waals surface area contributed by atoms with Crippen LogP contribution in [0.25, 0.3) is 0 Å². The predicted molar refractivity (Wildman–Crippen MR) is 156 cm³/mol. The molecule has 1 aromatic rings. The van der Waals surface area contributed by atoms with Gasteiger partial charge in [-0.05, 0) is 48.5 Å². The van der Waals surface area contributed by atoms with Gasteiger partial charge in [0.2, 0.25) is 11.9 Å². The van der Waals surface area contributed by atoms with Crippen LogP contribution in [0.5, 0.6) is 0 Å². The summed E-state index contributed by atoms with van der Waals surface area (Å²) in [6.07, 6.45) is 1.76. The number of amides is 3. The zero-order valence-electron chi connectivity index (χ0n) is 25.8. The number of aromatic nitrogens is 2. The summed E-state index contributed by atoms with van der Waals surface area (Å²) in [5.74, 6) is 0.409. The van der Waals surface area contributed by atoms with E-state index in [1.165, 1.54) is 12.4 Å². The minimum Gasteiger partial charge on any atom is -0.443 e. The molecule has 0 spiro atoms. The Bertz CT molecular complexity index is 928. The normalized spacial score (nSPS) is 14.3. The molecule has 3 amide bonds. The number of hydrogen-bond donors (Lipinski definition) is 2. The molecule has 1 aliphatic heterocycles. The lowest BCUT2D eigenvalue weighted by Gasteiger charge is -2.28. The van der Waals surface area contributed by atoms with Crippen LogP contribution in [0.2, 0.25) is 0 Å². The number of hydrogen-bond acceptors (Lipinski definition) is 11. The van der Waals surface area contributed by atoms with Crippen LogP contribution in [0.15, 0.2) is 12.4 Å². The molecule has 2 N–H and O–H groups in total. The van der Waals surface area contributed by atoms with E-state index in [9.17, 15) is 14.4 Å². The Hall–Kier alpha value is -3.03. The average molecular weight is 580 g/mol. The standard InChI is InChI=1S/C28H49N7O6/c1-8-34(23(36)9-17-39-18-16-33-13-10-29-11-14-33)15-12-30-24-31-19-22(20-32-24)21-35(25(37)40-27(2,3)4)26(38)41-28(5,6)7/h19-20,29H,8-18,21H2,1-7H3,(H,30,31,32). The van der Waals surface area contributed by atoms with E-state index in [0.717, 1.165) is 37.6 Å². The maximum absolute atomic E-state index is 12.7. The summed E-state index contributed by atoms with van der Waals surface area (Å²) in [5, 5.41) is 6.44. The van der Waals surface area contributed by atoms with Crippen LogP contribution in [-0.4, -0.2) is 120 Å². The van der Waals surface area contributed by atoms with Crippen molar-refractivity contribution in [2.45, 2.75) is 72.6 Å². The largest absolute Gasteiger partial charge is 0.443 e. The van der Waals surface area contributed by atoms with Gasteiger partial charge < -0.3 is 29.7 Å². The minimum atomic E-state index is -0.816. The molecule has 1 aromatic heterocycles. The fraction of sp³-hybridized carbons (Fsp3) is 0.750. The van der Waals surface area contributed by atoms with Crippen molar-refractivity contribution in [2.24, 2.45) is 0 Å². The van der Waals surface area contributed by atoms with Crippen LogP contribution < -0.4 is 10.6 Å². The summed E-state index contributed by atoms with van der Waals surface area (Å²) in [7, 11) is 0. The molecule has 13 heteroatoms. The lowest BCUT2D eigenvalue weighted by Crippen LogP contribution is -2.44. The van der Waals surface area contributed by atoms with Gasteiger partial charge in [-0.25, -0.2) is 24.5 Å². The number of nitrogens with zero attached hydrogens (tertiary/aromatic N) is 5. The van der Waals surface area contributed by atoms with Gasteiger partial charge in [0.25, 0.3) is 0 Å². The molecule has 232 valence electrons. The monoisotopic (exact) mass is 579 g/mol. The zero-order chi connectivity index (χ0) is 30.5. The number of carbonyl (C=O) groups excluding carboxylic acids is 3. The van der Waals surface area contributed by atoms with Crippen molar-refractivity contribution < 1.29 is 28.6 Å². The SMILES string of the molecule is CCN(CCNc1ncc(CN(C(=O)OC(C)(C)C)C(=O)OC(C)(C)C)cn1)C(=O)CCOCCN1CCNCC1. The molecule has 0 unspecified atom stereocenters. The van der Waals surface area contributed by atoms with Crippen molar-refractivity contribution in [1.29, 1.82) is 0 Å².